The largest absolute Gasteiger partial charge is 0.461 e. The molecule has 0 saturated heterocycles. The third-order valence-electron chi connectivity index (χ3n) is 0.430. The first-order valence-electron chi connectivity index (χ1n) is 2.22. The third kappa shape index (κ3) is 4.83. The number of carbonyl (C=O) groups is 1. The van der Waals surface area contributed by atoms with Crippen LogP contribution in [0.3, 0.4) is 0 Å². The molecule has 0 aliphatic heterocycles. The number of amides is 1. The highest BCUT2D eigenvalue weighted by molar-refractivity contribution is 5.66. The fraction of sp³-hybridized carbons (Fsp3) is 0.400. The Labute approximate surface area is 47.7 Å². The number of nitrogens with one attached hydrogen (secondary N) is 1. The Hall–Kier alpha value is -1.17. The smallest absolute Gasteiger partial charge is 0.247 e. The number of hydrogen-bond acceptors (Lipinski definition) is 1. The fourth-order valence-electron chi connectivity index (χ4n) is 0.184. The molecule has 3 heteroatoms. The van der Waals surface area contributed by atoms with Gasteiger partial charge in [0.1, 0.15) is 0 Å². The van der Waals surface area contributed by atoms with Gasteiger partial charge in [-0.15, -0.1) is 0 Å². The Balaban J connectivity index is 3.29. The lowest BCUT2D eigenvalue weighted by Gasteiger charge is -1.76. The normalized spacial score (nSPS) is 6.62. The van der Waals surface area contributed by atoms with E-state index in [9.17, 15) is 9.90 Å². The molecule has 0 fully saturated rings. The monoisotopic (exact) mass is 112 g/mol. The Morgan fingerprint density at radius 1 is 1.75 bits per heavy atom. The van der Waals surface area contributed by atoms with Crippen molar-refractivity contribution in [1.82, 2.24) is 5.32 Å². The van der Waals surface area contributed by atoms with Crippen LogP contribution in [0, 0.1) is 12.0 Å². The van der Waals surface area contributed by atoms with E-state index in [1.54, 1.807) is 5.32 Å². The van der Waals surface area contributed by atoms with E-state index < -0.39 is 6.09 Å². The first kappa shape index (κ1) is 6.83. The summed E-state index contributed by atoms with van der Waals surface area (Å²) in [5.41, 5.74) is 0. The van der Waals surface area contributed by atoms with Gasteiger partial charge in [-0.05, 0) is 0 Å². The predicted molar refractivity (Wildman–Crippen MR) is 27.3 cm³/mol. The molecule has 1 radical (unpaired) electrons. The minimum Gasteiger partial charge on any atom is -0.247 e. The first-order chi connectivity index (χ1) is 3.77. The second kappa shape index (κ2) is 4.00. The van der Waals surface area contributed by atoms with Crippen LogP contribution in [0.15, 0.2) is 0 Å². The van der Waals surface area contributed by atoms with Crippen molar-refractivity contribution in [3.05, 3.63) is 0 Å². The quantitative estimate of drug-likeness (QED) is 0.360. The van der Waals surface area contributed by atoms with Gasteiger partial charge in [0.05, 0.1) is 0 Å². The summed E-state index contributed by atoms with van der Waals surface area (Å²) < 4.78 is 0. The standard InChI is InChI=1S/C5H6NO2/c1-2-3-4-6-5(7)8/h6H,2H2,1H3. The topological polar surface area (TPSA) is 49.0 Å². The summed E-state index contributed by atoms with van der Waals surface area (Å²) in [6.45, 7) is 1.82. The maximum atomic E-state index is 9.55. The van der Waals surface area contributed by atoms with Crippen LogP contribution in [-0.4, -0.2) is 6.09 Å². The van der Waals surface area contributed by atoms with Crippen LogP contribution in [0.5, 0.6) is 0 Å². The minimum absolute atomic E-state index is 0.639. The van der Waals surface area contributed by atoms with E-state index in [0.717, 1.165) is 0 Å². The second-order valence-corrected chi connectivity index (χ2v) is 1.07. The lowest BCUT2D eigenvalue weighted by molar-refractivity contribution is 0.174. The second-order valence-electron chi connectivity index (χ2n) is 1.07. The highest BCUT2D eigenvalue weighted by atomic mass is 16.4. The van der Waals surface area contributed by atoms with Crippen molar-refractivity contribution in [3.63, 3.8) is 0 Å². The van der Waals surface area contributed by atoms with Crippen LogP contribution in [-0.2, 0) is 5.11 Å². The van der Waals surface area contributed by atoms with Gasteiger partial charge in [-0.3, -0.25) is 0 Å². The van der Waals surface area contributed by atoms with Gasteiger partial charge in [-0.2, -0.15) is 0 Å². The van der Waals surface area contributed by atoms with Crippen LogP contribution >= 0.6 is 0 Å². The molecule has 0 rings (SSSR count). The Bertz CT molecular complexity index is 131. The molecule has 0 aromatic rings. The highest BCUT2D eigenvalue weighted by Gasteiger charge is 1.86. The Kier molecular flexibility index (Phi) is 3.42. The molecule has 0 spiro atoms. The van der Waals surface area contributed by atoms with Crippen LogP contribution in [0.1, 0.15) is 13.3 Å². The number of rotatable bonds is 0. The van der Waals surface area contributed by atoms with E-state index in [4.69, 9.17) is 0 Å². The highest BCUT2D eigenvalue weighted by Crippen LogP contribution is 1.64. The molecule has 0 aromatic carbocycles. The van der Waals surface area contributed by atoms with Crippen LogP contribution in [0.2, 0.25) is 0 Å². The average Bonchev–Trinajstić information content (AvgIpc) is 1.66. The molecule has 1 amide bonds. The van der Waals surface area contributed by atoms with Gasteiger partial charge in [0.25, 0.3) is 0 Å². The summed E-state index contributed by atoms with van der Waals surface area (Å²) in [6.07, 6.45) is -0.716. The molecule has 0 aliphatic rings. The van der Waals surface area contributed by atoms with Crippen molar-refractivity contribution < 1.29 is 9.90 Å². The van der Waals surface area contributed by atoms with Crippen molar-refractivity contribution >= 4 is 6.09 Å². The molecule has 1 N–H and O–H groups in total. The van der Waals surface area contributed by atoms with E-state index >= 15 is 0 Å². The molecule has 0 unspecified atom stereocenters. The zero-order valence-electron chi connectivity index (χ0n) is 4.52. The SMILES string of the molecule is CCC#CNC([O])=O. The van der Waals surface area contributed by atoms with E-state index in [2.05, 4.69) is 12.0 Å². The maximum absolute atomic E-state index is 9.55. The maximum Gasteiger partial charge on any atom is 0.461 e. The van der Waals surface area contributed by atoms with Gasteiger partial charge < -0.3 is 0 Å². The zero-order chi connectivity index (χ0) is 6.41. The molecular formula is C5H6NO2. The number of carbonyl (C=O) groups excluding carboxylic acids is 1. The average molecular weight is 112 g/mol. The molecule has 0 heterocycles. The van der Waals surface area contributed by atoms with Gasteiger partial charge in [-0.25, -0.2) is 15.2 Å². The van der Waals surface area contributed by atoms with Gasteiger partial charge >= 0.3 is 6.09 Å². The van der Waals surface area contributed by atoms with E-state index in [1.807, 2.05) is 6.92 Å². The molecule has 0 saturated carbocycles. The lowest BCUT2D eigenvalue weighted by atomic mass is 10.5. The molecule has 0 bridgehead atoms. The molecule has 8 heavy (non-hydrogen) atoms. The van der Waals surface area contributed by atoms with Gasteiger partial charge in [0.15, 0.2) is 0 Å². The fourth-order valence-corrected chi connectivity index (χ4v) is 0.184. The zero-order valence-corrected chi connectivity index (χ0v) is 4.52. The molecule has 0 aromatic heterocycles. The molecule has 3 nitrogen and oxygen atoms in total. The predicted octanol–water partition coefficient (Wildman–Crippen LogP) is 0.497. The number of hydrogen-bond donors (Lipinski definition) is 1. The van der Waals surface area contributed by atoms with Crippen LogP contribution in [0.4, 0.5) is 4.79 Å². The third-order valence-corrected chi connectivity index (χ3v) is 0.430. The molecule has 0 atom stereocenters. The summed E-state index contributed by atoms with van der Waals surface area (Å²) in [5, 5.41) is 11.3. The van der Waals surface area contributed by atoms with E-state index in [-0.39, 0.29) is 0 Å². The summed E-state index contributed by atoms with van der Waals surface area (Å²) in [6, 6.07) is 2.17. The first-order valence-corrected chi connectivity index (χ1v) is 2.22. The van der Waals surface area contributed by atoms with E-state index in [1.165, 1.54) is 0 Å². The van der Waals surface area contributed by atoms with Crippen molar-refractivity contribution in [2.75, 3.05) is 0 Å². The van der Waals surface area contributed by atoms with Gasteiger partial charge in [0.2, 0.25) is 0 Å². The lowest BCUT2D eigenvalue weighted by Crippen LogP contribution is -2.11. The van der Waals surface area contributed by atoms with Crippen molar-refractivity contribution in [2.45, 2.75) is 13.3 Å². The van der Waals surface area contributed by atoms with Crippen molar-refractivity contribution in [1.29, 1.82) is 0 Å². The van der Waals surface area contributed by atoms with Crippen LogP contribution < -0.4 is 5.32 Å². The Morgan fingerprint density at radius 2 is 2.38 bits per heavy atom. The summed E-state index contributed by atoms with van der Waals surface area (Å²) >= 11 is 0. The minimum atomic E-state index is -1.36. The van der Waals surface area contributed by atoms with Crippen molar-refractivity contribution in [3.8, 4) is 12.0 Å². The molecule has 43 valence electrons. The van der Waals surface area contributed by atoms with Crippen molar-refractivity contribution in [2.24, 2.45) is 0 Å². The van der Waals surface area contributed by atoms with E-state index in [0.29, 0.717) is 6.42 Å². The Morgan fingerprint density at radius 3 is 2.75 bits per heavy atom. The van der Waals surface area contributed by atoms with Gasteiger partial charge in [-0.1, -0.05) is 12.8 Å². The molecular weight excluding hydrogens is 106 g/mol. The summed E-state index contributed by atoms with van der Waals surface area (Å²) in [4.78, 5) is 9.55. The summed E-state index contributed by atoms with van der Waals surface area (Å²) in [7, 11) is 0. The molecule has 0 aliphatic carbocycles. The summed E-state index contributed by atoms with van der Waals surface area (Å²) in [5.74, 6) is 2.50. The van der Waals surface area contributed by atoms with Gasteiger partial charge in [0, 0.05) is 12.5 Å². The van der Waals surface area contributed by atoms with Crippen LogP contribution in [0.25, 0.3) is 0 Å².